The minimum atomic E-state index is -0.267. The molecular weight excluding hydrogens is 481 g/mol. The van der Waals surface area contributed by atoms with Gasteiger partial charge in [-0.15, -0.1) is 0 Å². The molecule has 20 heavy (non-hydrogen) atoms. The zero-order valence-electron chi connectivity index (χ0n) is 10.3. The van der Waals surface area contributed by atoms with Crippen LogP contribution in [0.1, 0.15) is 16.0 Å². The van der Waals surface area contributed by atoms with Crippen molar-refractivity contribution < 1.29 is 9.13 Å². The molecule has 0 spiro atoms. The highest BCUT2D eigenvalue weighted by atomic mass is 127. The van der Waals surface area contributed by atoms with Gasteiger partial charge in [-0.1, -0.05) is 45.2 Å². The maximum Gasteiger partial charge on any atom is 0.138 e. The first-order valence-electron chi connectivity index (χ1n) is 5.56. The van der Waals surface area contributed by atoms with Crippen LogP contribution in [0.25, 0.3) is 0 Å². The molecule has 2 rings (SSSR count). The van der Waals surface area contributed by atoms with Crippen LogP contribution in [0.2, 0.25) is 10.0 Å². The summed E-state index contributed by atoms with van der Waals surface area (Å²) in [4.78, 5) is -0.175. The molecule has 1 nitrogen and oxygen atoms in total. The van der Waals surface area contributed by atoms with Crippen LogP contribution in [0, 0.1) is 9.39 Å². The maximum absolute atomic E-state index is 13.2. The Kier molecular flexibility index (Phi) is 5.56. The number of alkyl halides is 1. The smallest absolute Gasteiger partial charge is 0.138 e. The monoisotopic (exact) mass is 488 g/mol. The predicted octanol–water partition coefficient (Wildman–Crippen LogP) is 6.23. The van der Waals surface area contributed by atoms with Crippen molar-refractivity contribution in [2.45, 2.75) is 4.83 Å². The van der Waals surface area contributed by atoms with Gasteiger partial charge in [0.15, 0.2) is 0 Å². The van der Waals surface area contributed by atoms with E-state index in [2.05, 4.69) is 38.5 Å². The fourth-order valence-electron chi connectivity index (χ4n) is 1.77. The van der Waals surface area contributed by atoms with Crippen LogP contribution >= 0.6 is 61.7 Å². The molecular formula is C14H9BrCl2FIO. The second-order valence-electron chi connectivity index (χ2n) is 4.04. The molecule has 0 aliphatic rings. The third-order valence-corrected chi connectivity index (χ3v) is 5.32. The Bertz CT molecular complexity index is 651. The Labute approximate surface area is 148 Å². The summed E-state index contributed by atoms with van der Waals surface area (Å²) in [6.45, 7) is 0. The highest BCUT2D eigenvalue weighted by Gasteiger charge is 2.19. The summed E-state index contributed by atoms with van der Waals surface area (Å²) >= 11 is 18.1. The molecule has 0 bridgehead atoms. The first-order chi connectivity index (χ1) is 9.43. The Morgan fingerprint density at radius 2 is 1.85 bits per heavy atom. The average molecular weight is 490 g/mol. The van der Waals surface area contributed by atoms with Crippen molar-refractivity contribution in [1.29, 1.82) is 0 Å². The maximum atomic E-state index is 13.2. The van der Waals surface area contributed by atoms with Crippen LogP contribution in [0.4, 0.5) is 4.39 Å². The molecule has 2 aromatic carbocycles. The fraction of sp³-hybridized carbons (Fsp3) is 0.143. The standard InChI is InChI=1S/C14H9BrCl2FIO/c1-20-13-6-10(16)9(5-11(13)17)14(15)8-3-2-7(18)4-12(8)19/h2-6,14H,1H3. The van der Waals surface area contributed by atoms with Crippen molar-refractivity contribution in [2.75, 3.05) is 7.11 Å². The fourth-order valence-corrected chi connectivity index (χ4v) is 4.41. The van der Waals surface area contributed by atoms with Crippen LogP contribution in [-0.4, -0.2) is 7.11 Å². The zero-order valence-corrected chi connectivity index (χ0v) is 15.5. The van der Waals surface area contributed by atoms with Crippen molar-refractivity contribution in [1.82, 2.24) is 0 Å². The number of halogens is 5. The summed E-state index contributed by atoms with van der Waals surface area (Å²) in [6, 6.07) is 8.05. The van der Waals surface area contributed by atoms with Crippen molar-refractivity contribution in [3.8, 4) is 5.75 Å². The molecule has 0 amide bonds. The summed E-state index contributed by atoms with van der Waals surface area (Å²) in [5.41, 5.74) is 1.73. The van der Waals surface area contributed by atoms with Gasteiger partial charge < -0.3 is 4.74 Å². The number of rotatable bonds is 3. The van der Waals surface area contributed by atoms with Crippen molar-refractivity contribution in [2.24, 2.45) is 0 Å². The molecule has 0 fully saturated rings. The van der Waals surface area contributed by atoms with Gasteiger partial charge in [0.2, 0.25) is 0 Å². The molecule has 0 radical (unpaired) electrons. The highest BCUT2D eigenvalue weighted by Crippen LogP contribution is 2.41. The van der Waals surface area contributed by atoms with E-state index in [0.717, 1.165) is 14.7 Å². The third-order valence-electron chi connectivity index (χ3n) is 2.78. The van der Waals surface area contributed by atoms with E-state index >= 15 is 0 Å². The second kappa shape index (κ2) is 6.81. The van der Waals surface area contributed by atoms with Gasteiger partial charge in [-0.2, -0.15) is 0 Å². The third kappa shape index (κ3) is 3.40. The molecule has 0 saturated carbocycles. The second-order valence-corrected chi connectivity index (χ2v) is 6.93. The Balaban J connectivity index is 2.48. The molecule has 0 heterocycles. The van der Waals surface area contributed by atoms with Crippen molar-refractivity contribution in [3.05, 3.63) is 60.9 Å². The molecule has 2 aromatic rings. The summed E-state index contributed by atoms with van der Waals surface area (Å²) in [5.74, 6) is 0.255. The molecule has 0 aliphatic carbocycles. The molecule has 6 heteroatoms. The number of benzene rings is 2. The SMILES string of the molecule is COc1cc(Cl)c(C(Br)c2ccc(F)cc2I)cc1Cl. The van der Waals surface area contributed by atoms with Gasteiger partial charge >= 0.3 is 0 Å². The van der Waals surface area contributed by atoms with Crippen LogP contribution in [0.3, 0.4) is 0 Å². The minimum absolute atomic E-state index is 0.175. The van der Waals surface area contributed by atoms with Crippen LogP contribution in [0.5, 0.6) is 5.75 Å². The van der Waals surface area contributed by atoms with E-state index in [9.17, 15) is 4.39 Å². The average Bonchev–Trinajstić information content (AvgIpc) is 2.40. The first kappa shape index (κ1) is 16.3. The van der Waals surface area contributed by atoms with Gasteiger partial charge in [-0.25, -0.2) is 4.39 Å². The summed E-state index contributed by atoms with van der Waals surface area (Å²) in [7, 11) is 1.53. The van der Waals surface area contributed by atoms with E-state index < -0.39 is 0 Å². The minimum Gasteiger partial charge on any atom is -0.495 e. The molecule has 0 N–H and O–H groups in total. The van der Waals surface area contributed by atoms with E-state index in [1.807, 2.05) is 0 Å². The summed E-state index contributed by atoms with van der Waals surface area (Å²) < 4.78 is 19.1. The largest absolute Gasteiger partial charge is 0.495 e. The van der Waals surface area contributed by atoms with E-state index in [0.29, 0.717) is 15.8 Å². The lowest BCUT2D eigenvalue weighted by Gasteiger charge is -2.16. The Morgan fingerprint density at radius 3 is 2.45 bits per heavy atom. The topological polar surface area (TPSA) is 9.23 Å². The lowest BCUT2D eigenvalue weighted by molar-refractivity contribution is 0.415. The van der Waals surface area contributed by atoms with Gasteiger partial charge in [0.1, 0.15) is 11.6 Å². The van der Waals surface area contributed by atoms with E-state index in [4.69, 9.17) is 27.9 Å². The van der Waals surface area contributed by atoms with Gasteiger partial charge in [0, 0.05) is 14.7 Å². The highest BCUT2D eigenvalue weighted by molar-refractivity contribution is 14.1. The lowest BCUT2D eigenvalue weighted by Crippen LogP contribution is -1.98. The number of ether oxygens (including phenoxy) is 1. The van der Waals surface area contributed by atoms with Gasteiger partial charge in [-0.05, 0) is 51.9 Å². The van der Waals surface area contributed by atoms with Gasteiger partial charge in [-0.3, -0.25) is 0 Å². The number of hydrogen-bond donors (Lipinski definition) is 0. The van der Waals surface area contributed by atoms with Crippen LogP contribution in [-0.2, 0) is 0 Å². The molecule has 0 aromatic heterocycles. The van der Waals surface area contributed by atoms with Crippen LogP contribution in [0.15, 0.2) is 30.3 Å². The van der Waals surface area contributed by atoms with Gasteiger partial charge in [0.25, 0.3) is 0 Å². The normalized spacial score (nSPS) is 12.3. The Hall–Kier alpha value is -0.0400. The molecule has 0 aliphatic heterocycles. The van der Waals surface area contributed by atoms with E-state index in [-0.39, 0.29) is 10.6 Å². The Morgan fingerprint density at radius 1 is 1.15 bits per heavy atom. The number of methoxy groups -OCH3 is 1. The van der Waals surface area contributed by atoms with Crippen LogP contribution < -0.4 is 4.74 Å². The molecule has 1 unspecified atom stereocenters. The molecule has 1 atom stereocenters. The van der Waals surface area contributed by atoms with Gasteiger partial charge in [0.05, 0.1) is 17.0 Å². The first-order valence-corrected chi connectivity index (χ1v) is 8.31. The number of hydrogen-bond acceptors (Lipinski definition) is 1. The van der Waals surface area contributed by atoms with Crippen molar-refractivity contribution >= 4 is 61.7 Å². The zero-order chi connectivity index (χ0) is 14.9. The lowest BCUT2D eigenvalue weighted by atomic mass is 10.0. The summed E-state index contributed by atoms with van der Waals surface area (Å²) in [5, 5.41) is 1.02. The van der Waals surface area contributed by atoms with Crippen molar-refractivity contribution in [3.63, 3.8) is 0 Å². The van der Waals surface area contributed by atoms with E-state index in [1.54, 1.807) is 18.2 Å². The molecule has 106 valence electrons. The van der Waals surface area contributed by atoms with E-state index in [1.165, 1.54) is 19.2 Å². The quantitative estimate of drug-likeness (QED) is 0.367. The summed E-state index contributed by atoms with van der Waals surface area (Å²) in [6.07, 6.45) is 0. The predicted molar refractivity (Wildman–Crippen MR) is 92.9 cm³/mol. The molecule has 0 saturated heterocycles.